The first-order chi connectivity index (χ1) is 12.4. The van der Waals surface area contributed by atoms with Crippen molar-refractivity contribution in [2.24, 2.45) is 0 Å². The summed E-state index contributed by atoms with van der Waals surface area (Å²) in [4.78, 5) is 10.9. The molecule has 0 aliphatic heterocycles. The lowest BCUT2D eigenvalue weighted by molar-refractivity contribution is -0.131. The van der Waals surface area contributed by atoms with Crippen LogP contribution >= 0.6 is 23.2 Å². The SMILES string of the molecule is C=C(C)c1cn(Cc2ccc(Cl)cc2Cl)c2c(/C=C/C(=O)O)cccc12. The Morgan fingerprint density at radius 1 is 1.27 bits per heavy atom. The van der Waals surface area contributed by atoms with E-state index in [9.17, 15) is 4.79 Å². The molecular weight excluding hydrogens is 369 g/mol. The van der Waals surface area contributed by atoms with Gasteiger partial charge in [-0.2, -0.15) is 0 Å². The molecule has 0 aliphatic rings. The number of rotatable bonds is 5. The van der Waals surface area contributed by atoms with Crippen molar-refractivity contribution in [1.29, 1.82) is 0 Å². The number of hydrogen-bond donors (Lipinski definition) is 1. The van der Waals surface area contributed by atoms with Gasteiger partial charge in [0.25, 0.3) is 0 Å². The van der Waals surface area contributed by atoms with E-state index in [0.717, 1.165) is 39.2 Å². The number of carboxylic acids is 1. The van der Waals surface area contributed by atoms with Gasteiger partial charge in [-0.05, 0) is 41.8 Å². The van der Waals surface area contributed by atoms with Crippen LogP contribution in [0.3, 0.4) is 0 Å². The van der Waals surface area contributed by atoms with Crippen LogP contribution in [0.15, 0.2) is 55.3 Å². The van der Waals surface area contributed by atoms with Crippen molar-refractivity contribution in [1.82, 2.24) is 4.57 Å². The Kier molecular flexibility index (Phi) is 5.21. The Bertz CT molecular complexity index is 1050. The fourth-order valence-electron chi connectivity index (χ4n) is 2.98. The van der Waals surface area contributed by atoms with Crippen molar-refractivity contribution < 1.29 is 9.90 Å². The highest BCUT2D eigenvalue weighted by molar-refractivity contribution is 6.35. The summed E-state index contributed by atoms with van der Waals surface area (Å²) in [6, 6.07) is 11.2. The van der Waals surface area contributed by atoms with E-state index in [0.29, 0.717) is 16.6 Å². The minimum absolute atomic E-state index is 0.539. The molecule has 0 amide bonds. The number of fused-ring (bicyclic) bond motifs is 1. The molecule has 0 bridgehead atoms. The van der Waals surface area contributed by atoms with Crippen LogP contribution < -0.4 is 0 Å². The lowest BCUT2D eigenvalue weighted by Gasteiger charge is -2.10. The van der Waals surface area contributed by atoms with Gasteiger partial charge in [-0.25, -0.2) is 4.79 Å². The van der Waals surface area contributed by atoms with Gasteiger partial charge in [0.15, 0.2) is 0 Å². The van der Waals surface area contributed by atoms with E-state index in [-0.39, 0.29) is 0 Å². The molecule has 0 saturated carbocycles. The Balaban J connectivity index is 2.20. The maximum absolute atomic E-state index is 10.9. The van der Waals surface area contributed by atoms with Crippen LogP contribution in [0.4, 0.5) is 0 Å². The molecule has 1 aromatic heterocycles. The van der Waals surface area contributed by atoms with E-state index in [1.165, 1.54) is 0 Å². The summed E-state index contributed by atoms with van der Waals surface area (Å²) < 4.78 is 2.07. The zero-order valence-corrected chi connectivity index (χ0v) is 15.7. The second kappa shape index (κ2) is 7.40. The van der Waals surface area contributed by atoms with Gasteiger partial charge in [0.1, 0.15) is 0 Å². The second-order valence-electron chi connectivity index (χ2n) is 6.10. The summed E-state index contributed by atoms with van der Waals surface area (Å²) in [5, 5.41) is 11.2. The number of aliphatic carboxylic acids is 1. The first kappa shape index (κ1) is 18.3. The monoisotopic (exact) mass is 385 g/mol. The lowest BCUT2D eigenvalue weighted by atomic mass is 10.0. The molecule has 1 heterocycles. The molecule has 5 heteroatoms. The maximum Gasteiger partial charge on any atom is 0.328 e. The van der Waals surface area contributed by atoms with Crippen LogP contribution in [-0.2, 0) is 11.3 Å². The predicted octanol–water partition coefficient (Wildman–Crippen LogP) is 6.13. The summed E-state index contributed by atoms with van der Waals surface area (Å²) >= 11 is 12.3. The van der Waals surface area contributed by atoms with Crippen molar-refractivity contribution in [3.05, 3.63) is 82.0 Å². The fourth-order valence-corrected chi connectivity index (χ4v) is 3.45. The van der Waals surface area contributed by atoms with Gasteiger partial charge in [0, 0.05) is 39.8 Å². The Morgan fingerprint density at radius 3 is 2.69 bits per heavy atom. The molecule has 0 unspecified atom stereocenters. The minimum atomic E-state index is -0.985. The second-order valence-corrected chi connectivity index (χ2v) is 6.95. The molecule has 0 saturated heterocycles. The third-order valence-electron chi connectivity index (χ3n) is 4.15. The molecule has 3 rings (SSSR count). The van der Waals surface area contributed by atoms with Crippen LogP contribution in [0.5, 0.6) is 0 Å². The Hall–Kier alpha value is -2.49. The summed E-state index contributed by atoms with van der Waals surface area (Å²) in [6.45, 7) is 6.55. The van der Waals surface area contributed by atoms with Gasteiger partial charge in [0.2, 0.25) is 0 Å². The number of hydrogen-bond acceptors (Lipinski definition) is 1. The third kappa shape index (κ3) is 3.69. The summed E-state index contributed by atoms with van der Waals surface area (Å²) in [5.41, 5.74) is 4.65. The van der Waals surface area contributed by atoms with Crippen LogP contribution in [0, 0.1) is 0 Å². The van der Waals surface area contributed by atoms with Gasteiger partial charge >= 0.3 is 5.97 Å². The van der Waals surface area contributed by atoms with Crippen molar-refractivity contribution in [2.75, 3.05) is 0 Å². The summed E-state index contributed by atoms with van der Waals surface area (Å²) in [6.07, 6.45) is 4.77. The molecule has 3 nitrogen and oxygen atoms in total. The number of carbonyl (C=O) groups is 1. The lowest BCUT2D eigenvalue weighted by Crippen LogP contribution is -2.00. The maximum atomic E-state index is 10.9. The number of aromatic nitrogens is 1. The van der Waals surface area contributed by atoms with Crippen molar-refractivity contribution in [3.8, 4) is 0 Å². The molecule has 1 N–H and O–H groups in total. The standard InChI is InChI=1S/C21H17Cl2NO2/c1-13(2)18-12-24(11-15-6-8-16(22)10-19(15)23)21-14(7-9-20(25)26)4-3-5-17(18)21/h3-10,12H,1,11H2,2H3,(H,25,26)/b9-7+. The molecule has 3 aromatic rings. The van der Waals surface area contributed by atoms with Crippen LogP contribution in [-0.4, -0.2) is 15.6 Å². The van der Waals surface area contributed by atoms with Crippen molar-refractivity contribution in [3.63, 3.8) is 0 Å². The molecule has 26 heavy (non-hydrogen) atoms. The van der Waals surface area contributed by atoms with Crippen LogP contribution in [0.2, 0.25) is 10.0 Å². The van der Waals surface area contributed by atoms with E-state index >= 15 is 0 Å². The fraction of sp³-hybridized carbons (Fsp3) is 0.0952. The van der Waals surface area contributed by atoms with Crippen molar-refractivity contribution in [2.45, 2.75) is 13.5 Å². The number of nitrogens with zero attached hydrogens (tertiary/aromatic N) is 1. The van der Waals surface area contributed by atoms with Crippen molar-refractivity contribution >= 4 is 51.7 Å². The summed E-state index contributed by atoms with van der Waals surface area (Å²) in [7, 11) is 0. The Labute approximate surface area is 161 Å². The first-order valence-corrected chi connectivity index (χ1v) is 8.75. The topological polar surface area (TPSA) is 42.2 Å². The number of benzene rings is 2. The normalized spacial score (nSPS) is 11.3. The number of allylic oxidation sites excluding steroid dienone is 1. The summed E-state index contributed by atoms with van der Waals surface area (Å²) in [5.74, 6) is -0.985. The molecule has 0 fully saturated rings. The van der Waals surface area contributed by atoms with E-state index in [1.807, 2.05) is 37.4 Å². The van der Waals surface area contributed by atoms with Gasteiger partial charge in [-0.3, -0.25) is 0 Å². The van der Waals surface area contributed by atoms with E-state index in [1.54, 1.807) is 18.2 Å². The number of para-hydroxylation sites is 1. The highest BCUT2D eigenvalue weighted by Gasteiger charge is 2.13. The molecule has 0 spiro atoms. The highest BCUT2D eigenvalue weighted by Crippen LogP contribution is 2.31. The first-order valence-electron chi connectivity index (χ1n) is 7.99. The Morgan fingerprint density at radius 2 is 2.04 bits per heavy atom. The average molecular weight is 386 g/mol. The van der Waals surface area contributed by atoms with E-state index in [4.69, 9.17) is 28.3 Å². The quantitative estimate of drug-likeness (QED) is 0.536. The molecule has 2 aromatic carbocycles. The van der Waals surface area contributed by atoms with Gasteiger partial charge in [-0.15, -0.1) is 0 Å². The largest absolute Gasteiger partial charge is 0.478 e. The van der Waals surface area contributed by atoms with Crippen LogP contribution in [0.25, 0.3) is 22.6 Å². The molecule has 0 aliphatic carbocycles. The number of halogens is 2. The molecule has 0 radical (unpaired) electrons. The average Bonchev–Trinajstić information content (AvgIpc) is 2.95. The zero-order valence-electron chi connectivity index (χ0n) is 14.2. The predicted molar refractivity (Wildman–Crippen MR) is 109 cm³/mol. The number of carboxylic acid groups (broad SMARTS) is 1. The van der Waals surface area contributed by atoms with Gasteiger partial charge < -0.3 is 9.67 Å². The van der Waals surface area contributed by atoms with E-state index in [2.05, 4.69) is 11.1 Å². The minimum Gasteiger partial charge on any atom is -0.478 e. The van der Waals surface area contributed by atoms with Gasteiger partial charge in [0.05, 0.1) is 5.52 Å². The highest BCUT2D eigenvalue weighted by atomic mass is 35.5. The third-order valence-corrected chi connectivity index (χ3v) is 4.74. The molecule has 132 valence electrons. The van der Waals surface area contributed by atoms with Crippen LogP contribution in [0.1, 0.15) is 23.6 Å². The smallest absolute Gasteiger partial charge is 0.328 e. The molecular formula is C21H17Cl2NO2. The molecule has 0 atom stereocenters. The zero-order chi connectivity index (χ0) is 18.8. The van der Waals surface area contributed by atoms with E-state index < -0.39 is 5.97 Å². The van der Waals surface area contributed by atoms with Gasteiger partial charge in [-0.1, -0.05) is 54.0 Å².